The normalized spacial score (nSPS) is 38.7. The van der Waals surface area contributed by atoms with Crippen LogP contribution in [0, 0.1) is 28.6 Å². The van der Waals surface area contributed by atoms with Crippen molar-refractivity contribution in [1.29, 1.82) is 0 Å². The Hall–Kier alpha value is -2.43. The molecule has 5 fully saturated rings. The zero-order chi connectivity index (χ0) is 20.8. The van der Waals surface area contributed by atoms with E-state index in [0.29, 0.717) is 17.8 Å². The first-order chi connectivity index (χ1) is 14.3. The van der Waals surface area contributed by atoms with E-state index in [1.165, 1.54) is 5.56 Å². The predicted molar refractivity (Wildman–Crippen MR) is 114 cm³/mol. The van der Waals surface area contributed by atoms with Crippen LogP contribution in [0.2, 0.25) is 0 Å². The highest BCUT2D eigenvalue weighted by molar-refractivity contribution is 5.93. The number of amides is 2. The van der Waals surface area contributed by atoms with Crippen LogP contribution in [-0.4, -0.2) is 27.7 Å². The monoisotopic (exact) mass is 403 g/mol. The number of carbonyl (C=O) groups excluding carboxylic acids is 2. The Kier molecular flexibility index (Phi) is 3.57. The maximum atomic E-state index is 13.5. The van der Waals surface area contributed by atoms with Crippen molar-refractivity contribution in [3.05, 3.63) is 42.1 Å². The van der Waals surface area contributed by atoms with Crippen molar-refractivity contribution < 1.29 is 9.59 Å². The third-order valence-corrected chi connectivity index (χ3v) is 8.79. The van der Waals surface area contributed by atoms with E-state index < -0.39 is 5.41 Å². The zero-order valence-corrected chi connectivity index (χ0v) is 17.7. The van der Waals surface area contributed by atoms with Gasteiger partial charge in [-0.15, -0.1) is 0 Å². The van der Waals surface area contributed by atoms with E-state index in [1.54, 1.807) is 0 Å². The standard InChI is InChI=1S/C25H29N3O2/c1-24(2)21(18-7-8-27-19-6-4-3-5-17(18)19)28(23(24)30)20-15-9-14-10-16(20)13-25(11-14,12-15)22(26)29/h3-8,14-16,20-21H,9-13H2,1-2H3,(H2,26,29)/t14?,15-,16?,20?,21?,25?/m0/s1. The number of hydrogen-bond donors (Lipinski definition) is 1. The van der Waals surface area contributed by atoms with Crippen LogP contribution in [0.25, 0.3) is 10.9 Å². The summed E-state index contributed by atoms with van der Waals surface area (Å²) in [5.41, 5.74) is 7.30. The molecule has 5 nitrogen and oxygen atoms in total. The SMILES string of the molecule is CC1(C)C(=O)N(C2C3CC4C[C@H]2CC(C(N)=O)(C4)C3)C1c1ccnc2ccccc12. The van der Waals surface area contributed by atoms with Gasteiger partial charge in [-0.1, -0.05) is 18.2 Å². The summed E-state index contributed by atoms with van der Waals surface area (Å²) in [6, 6.07) is 10.6. The lowest BCUT2D eigenvalue weighted by Crippen LogP contribution is -2.71. The number of primary amides is 1. The van der Waals surface area contributed by atoms with Gasteiger partial charge in [-0.05, 0) is 81.4 Å². The summed E-state index contributed by atoms with van der Waals surface area (Å²) >= 11 is 0. The number of β-lactam (4-membered cyclic amide) rings is 1. The van der Waals surface area contributed by atoms with Gasteiger partial charge in [-0.2, -0.15) is 0 Å². The van der Waals surface area contributed by atoms with Crippen LogP contribution in [-0.2, 0) is 9.59 Å². The number of para-hydroxylation sites is 1. The quantitative estimate of drug-likeness (QED) is 0.792. The van der Waals surface area contributed by atoms with E-state index in [-0.39, 0.29) is 29.3 Å². The fourth-order valence-corrected chi connectivity index (χ4v) is 7.80. The summed E-state index contributed by atoms with van der Waals surface area (Å²) in [4.78, 5) is 32.5. The van der Waals surface area contributed by atoms with Crippen LogP contribution in [0.5, 0.6) is 0 Å². The number of hydrogen-bond acceptors (Lipinski definition) is 3. The van der Waals surface area contributed by atoms with Crippen LogP contribution in [0.1, 0.15) is 57.6 Å². The lowest BCUT2D eigenvalue weighted by molar-refractivity contribution is -0.198. The average molecular weight is 404 g/mol. The number of rotatable bonds is 3. The highest BCUT2D eigenvalue weighted by atomic mass is 16.2. The van der Waals surface area contributed by atoms with Crippen molar-refractivity contribution >= 4 is 22.7 Å². The maximum Gasteiger partial charge on any atom is 0.231 e. The number of nitrogens with two attached hydrogens (primary N) is 1. The van der Waals surface area contributed by atoms with Crippen molar-refractivity contribution in [1.82, 2.24) is 9.88 Å². The summed E-state index contributed by atoms with van der Waals surface area (Å²) in [6.07, 6.45) is 6.80. The molecule has 4 bridgehead atoms. The summed E-state index contributed by atoms with van der Waals surface area (Å²) in [7, 11) is 0. The summed E-state index contributed by atoms with van der Waals surface area (Å²) < 4.78 is 0. The van der Waals surface area contributed by atoms with Crippen LogP contribution in [0.15, 0.2) is 36.5 Å². The van der Waals surface area contributed by atoms with Crippen LogP contribution < -0.4 is 5.73 Å². The molecule has 4 saturated carbocycles. The fraction of sp³-hybridized carbons (Fsp3) is 0.560. The molecule has 7 rings (SSSR count). The van der Waals surface area contributed by atoms with Gasteiger partial charge in [0.1, 0.15) is 0 Å². The van der Waals surface area contributed by atoms with Crippen molar-refractivity contribution in [2.24, 2.45) is 34.3 Å². The summed E-state index contributed by atoms with van der Waals surface area (Å²) in [5.74, 6) is 1.50. The summed E-state index contributed by atoms with van der Waals surface area (Å²) in [5, 5.41) is 1.13. The number of pyridine rings is 1. The molecule has 1 aromatic heterocycles. The Morgan fingerprint density at radius 1 is 1.10 bits per heavy atom. The second-order valence-corrected chi connectivity index (χ2v) is 10.9. The second-order valence-electron chi connectivity index (χ2n) is 10.9. The number of nitrogens with zero attached hydrogens (tertiary/aromatic N) is 2. The number of likely N-dealkylation sites (tertiary alicyclic amines) is 1. The lowest BCUT2D eigenvalue weighted by Gasteiger charge is -2.66. The van der Waals surface area contributed by atoms with Gasteiger partial charge in [-0.3, -0.25) is 14.6 Å². The molecule has 30 heavy (non-hydrogen) atoms. The first kappa shape index (κ1) is 18.3. The van der Waals surface area contributed by atoms with Gasteiger partial charge in [0.2, 0.25) is 11.8 Å². The van der Waals surface area contributed by atoms with E-state index in [4.69, 9.17) is 5.73 Å². The molecule has 6 atom stereocenters. The summed E-state index contributed by atoms with van der Waals surface area (Å²) in [6.45, 7) is 4.15. The van der Waals surface area contributed by atoms with Crippen molar-refractivity contribution in [3.63, 3.8) is 0 Å². The molecule has 2 N–H and O–H groups in total. The van der Waals surface area contributed by atoms with E-state index in [2.05, 4.69) is 35.9 Å². The van der Waals surface area contributed by atoms with Gasteiger partial charge in [0.15, 0.2) is 0 Å². The minimum absolute atomic E-state index is 0.0463. The Labute approximate surface area is 177 Å². The third-order valence-electron chi connectivity index (χ3n) is 8.79. The van der Waals surface area contributed by atoms with E-state index in [1.807, 2.05) is 24.4 Å². The van der Waals surface area contributed by atoms with E-state index >= 15 is 0 Å². The maximum absolute atomic E-state index is 13.5. The molecule has 0 radical (unpaired) electrons. The van der Waals surface area contributed by atoms with Crippen molar-refractivity contribution in [2.75, 3.05) is 0 Å². The lowest BCUT2D eigenvalue weighted by atomic mass is 9.46. The molecule has 1 saturated heterocycles. The number of fused-ring (bicyclic) bond motifs is 1. The molecular weight excluding hydrogens is 374 g/mol. The van der Waals surface area contributed by atoms with Gasteiger partial charge in [0.25, 0.3) is 0 Å². The largest absolute Gasteiger partial charge is 0.369 e. The van der Waals surface area contributed by atoms with E-state index in [9.17, 15) is 9.59 Å². The highest BCUT2D eigenvalue weighted by Crippen LogP contribution is 2.64. The molecule has 1 aromatic carbocycles. The third kappa shape index (κ3) is 2.21. The molecule has 0 spiro atoms. The molecular formula is C25H29N3O2. The van der Waals surface area contributed by atoms with Gasteiger partial charge in [-0.25, -0.2) is 0 Å². The Balaban J connectivity index is 1.42. The van der Waals surface area contributed by atoms with Crippen LogP contribution in [0.4, 0.5) is 0 Å². The average Bonchev–Trinajstić information content (AvgIpc) is 2.71. The first-order valence-corrected chi connectivity index (χ1v) is 11.3. The second kappa shape index (κ2) is 5.83. The number of aromatic nitrogens is 1. The zero-order valence-electron chi connectivity index (χ0n) is 17.7. The van der Waals surface area contributed by atoms with Gasteiger partial charge < -0.3 is 10.6 Å². The predicted octanol–water partition coefficient (Wildman–Crippen LogP) is 3.82. The van der Waals surface area contributed by atoms with Gasteiger partial charge in [0, 0.05) is 23.0 Å². The molecule has 4 aliphatic carbocycles. The minimum Gasteiger partial charge on any atom is -0.369 e. The number of benzene rings is 1. The van der Waals surface area contributed by atoms with Gasteiger partial charge >= 0.3 is 0 Å². The van der Waals surface area contributed by atoms with Crippen LogP contribution in [0.3, 0.4) is 0 Å². The van der Waals surface area contributed by atoms with Crippen LogP contribution >= 0.6 is 0 Å². The Morgan fingerprint density at radius 2 is 1.80 bits per heavy atom. The van der Waals surface area contributed by atoms with E-state index in [0.717, 1.165) is 43.0 Å². The fourth-order valence-electron chi connectivity index (χ4n) is 7.80. The first-order valence-electron chi connectivity index (χ1n) is 11.3. The highest BCUT2D eigenvalue weighted by Gasteiger charge is 2.65. The Morgan fingerprint density at radius 3 is 2.50 bits per heavy atom. The molecule has 2 amide bonds. The Bertz CT molecular complexity index is 1060. The molecule has 1 aliphatic heterocycles. The molecule has 2 aromatic rings. The minimum atomic E-state index is -0.430. The molecule has 2 heterocycles. The van der Waals surface area contributed by atoms with Crippen molar-refractivity contribution in [3.8, 4) is 0 Å². The molecule has 5 heteroatoms. The van der Waals surface area contributed by atoms with Crippen molar-refractivity contribution in [2.45, 2.75) is 58.0 Å². The smallest absolute Gasteiger partial charge is 0.231 e. The number of carbonyl (C=O) groups is 2. The molecule has 5 aliphatic rings. The van der Waals surface area contributed by atoms with Gasteiger partial charge in [0.05, 0.1) is 17.0 Å². The molecule has 5 unspecified atom stereocenters. The topological polar surface area (TPSA) is 76.3 Å². The molecule has 156 valence electrons.